The molecule has 0 aliphatic carbocycles. The number of fused-ring (bicyclic) bond motifs is 1. The van der Waals surface area contributed by atoms with Crippen molar-refractivity contribution in [3.63, 3.8) is 0 Å². The smallest absolute Gasteiger partial charge is 0.323 e. The molecule has 0 spiro atoms. The summed E-state index contributed by atoms with van der Waals surface area (Å²) >= 11 is 5.72. The Morgan fingerprint density at radius 2 is 1.58 bits per heavy atom. The lowest BCUT2D eigenvalue weighted by molar-refractivity contribution is -0.138. The monoisotopic (exact) mass is 613 g/mol. The van der Waals surface area contributed by atoms with Crippen LogP contribution in [0.4, 0.5) is 13.2 Å². The Hall–Kier alpha value is -4.70. The van der Waals surface area contributed by atoms with E-state index < -0.39 is 34.4 Å². The zero-order valence-corrected chi connectivity index (χ0v) is 23.5. The number of benzene rings is 3. The van der Waals surface area contributed by atoms with Crippen LogP contribution in [0.5, 0.6) is 11.5 Å². The van der Waals surface area contributed by atoms with Crippen molar-refractivity contribution in [2.75, 3.05) is 13.2 Å². The highest BCUT2D eigenvalue weighted by Gasteiger charge is 2.16. The van der Waals surface area contributed by atoms with Crippen LogP contribution in [0.15, 0.2) is 66.9 Å². The SMILES string of the molecule is O=C(O)CCCc1cn(CC(=O)O)c2c(/C=C/c3ccc(OC/C=C/COc4c(F)ccc(F)c4Cl)cc3)cc(F)cc12. The number of carbonyl (C=O) groups is 2. The summed E-state index contributed by atoms with van der Waals surface area (Å²) < 4.78 is 54.2. The average Bonchev–Trinajstić information content (AvgIpc) is 3.29. The van der Waals surface area contributed by atoms with Gasteiger partial charge in [-0.2, -0.15) is 0 Å². The highest BCUT2D eigenvalue weighted by Crippen LogP contribution is 2.31. The fraction of sp³-hybridized carbons (Fsp3) is 0.188. The lowest BCUT2D eigenvalue weighted by atomic mass is 10.0. The van der Waals surface area contributed by atoms with Crippen molar-refractivity contribution in [3.05, 3.63) is 106 Å². The van der Waals surface area contributed by atoms with E-state index in [0.717, 1.165) is 17.7 Å². The number of aromatic nitrogens is 1. The van der Waals surface area contributed by atoms with Gasteiger partial charge in [0.2, 0.25) is 0 Å². The van der Waals surface area contributed by atoms with Crippen LogP contribution < -0.4 is 9.47 Å². The molecule has 0 fully saturated rings. The van der Waals surface area contributed by atoms with Crippen molar-refractivity contribution in [1.29, 1.82) is 0 Å². The third kappa shape index (κ3) is 8.42. The summed E-state index contributed by atoms with van der Waals surface area (Å²) in [6.45, 7) is -0.182. The normalized spacial score (nSPS) is 11.5. The molecule has 0 unspecified atom stereocenters. The Kier molecular flexibility index (Phi) is 10.5. The molecule has 3 aromatic carbocycles. The Bertz CT molecular complexity index is 1680. The summed E-state index contributed by atoms with van der Waals surface area (Å²) in [6, 6.07) is 11.6. The molecule has 0 radical (unpaired) electrons. The van der Waals surface area contributed by atoms with Crippen molar-refractivity contribution in [2.45, 2.75) is 25.8 Å². The second-order valence-electron chi connectivity index (χ2n) is 9.48. The Morgan fingerprint density at radius 1 is 0.884 bits per heavy atom. The van der Waals surface area contributed by atoms with Crippen molar-refractivity contribution in [1.82, 2.24) is 4.57 Å². The molecule has 224 valence electrons. The van der Waals surface area contributed by atoms with Crippen LogP contribution in [0.2, 0.25) is 5.02 Å². The minimum Gasteiger partial charge on any atom is -0.490 e. The summed E-state index contributed by atoms with van der Waals surface area (Å²) in [6.07, 6.45) is 8.97. The zero-order valence-electron chi connectivity index (χ0n) is 22.7. The number of carboxylic acid groups (broad SMARTS) is 2. The van der Waals surface area contributed by atoms with E-state index in [4.69, 9.17) is 26.2 Å². The predicted octanol–water partition coefficient (Wildman–Crippen LogP) is 7.39. The van der Waals surface area contributed by atoms with Gasteiger partial charge in [0.05, 0.1) is 5.52 Å². The molecule has 1 heterocycles. The van der Waals surface area contributed by atoms with Gasteiger partial charge in [0.15, 0.2) is 11.6 Å². The summed E-state index contributed by atoms with van der Waals surface area (Å²) in [5, 5.41) is 18.5. The maximum Gasteiger partial charge on any atom is 0.323 e. The number of hydrogen-bond donors (Lipinski definition) is 2. The standard InChI is InChI=1S/C32H27ClF3NO6/c33-30-26(35)12-13-27(36)32(30)43-15-2-1-14-42-24-10-7-20(8-11-24)6-9-21-16-23(34)17-25-22(4-3-5-28(38)39)18-37(31(21)25)19-29(40)41/h1-2,6-13,16-18H,3-5,14-15,19H2,(H,38,39)(H,40,41)/b2-1+,9-6+. The fourth-order valence-electron chi connectivity index (χ4n) is 4.45. The molecule has 0 aliphatic heterocycles. The number of rotatable bonds is 14. The maximum atomic E-state index is 14.6. The largest absolute Gasteiger partial charge is 0.490 e. The van der Waals surface area contributed by atoms with Crippen molar-refractivity contribution in [2.24, 2.45) is 0 Å². The molecule has 0 aliphatic rings. The Labute approximate surface area is 250 Å². The minimum absolute atomic E-state index is 0.0415. The van der Waals surface area contributed by atoms with Crippen LogP contribution in [0, 0.1) is 17.5 Å². The van der Waals surface area contributed by atoms with E-state index in [-0.39, 0.29) is 31.9 Å². The molecule has 0 atom stereocenters. The molecule has 0 saturated carbocycles. The highest BCUT2D eigenvalue weighted by atomic mass is 35.5. The minimum atomic E-state index is -1.06. The molecule has 1 aromatic heterocycles. The Morgan fingerprint density at radius 3 is 2.28 bits per heavy atom. The predicted molar refractivity (Wildman–Crippen MR) is 157 cm³/mol. The van der Waals surface area contributed by atoms with E-state index in [0.29, 0.717) is 40.6 Å². The molecular formula is C32H27ClF3NO6. The van der Waals surface area contributed by atoms with Gasteiger partial charge < -0.3 is 24.3 Å². The van der Waals surface area contributed by atoms with Gasteiger partial charge in [0, 0.05) is 23.6 Å². The van der Waals surface area contributed by atoms with Gasteiger partial charge >= 0.3 is 11.9 Å². The van der Waals surface area contributed by atoms with Crippen LogP contribution in [0.25, 0.3) is 23.1 Å². The average molecular weight is 614 g/mol. The van der Waals surface area contributed by atoms with Gasteiger partial charge in [-0.05, 0) is 72.5 Å². The van der Waals surface area contributed by atoms with E-state index in [2.05, 4.69) is 0 Å². The number of aliphatic carboxylic acids is 2. The molecule has 4 rings (SSSR count). The van der Waals surface area contributed by atoms with Crippen LogP contribution in [0.1, 0.15) is 29.5 Å². The number of nitrogens with zero attached hydrogens (tertiary/aromatic N) is 1. The van der Waals surface area contributed by atoms with E-state index in [1.54, 1.807) is 54.8 Å². The van der Waals surface area contributed by atoms with Crippen LogP contribution in [-0.4, -0.2) is 39.9 Å². The van der Waals surface area contributed by atoms with E-state index in [1.807, 2.05) is 0 Å². The third-order valence-electron chi connectivity index (χ3n) is 6.37. The van der Waals surface area contributed by atoms with E-state index in [9.17, 15) is 27.9 Å². The number of halogens is 4. The zero-order chi connectivity index (χ0) is 30.9. The second kappa shape index (κ2) is 14.5. The summed E-state index contributed by atoms with van der Waals surface area (Å²) in [4.78, 5) is 22.4. The lowest BCUT2D eigenvalue weighted by Crippen LogP contribution is -2.08. The first-order valence-electron chi connectivity index (χ1n) is 13.2. The van der Waals surface area contributed by atoms with E-state index >= 15 is 0 Å². The van der Waals surface area contributed by atoms with Crippen molar-refractivity contribution in [3.8, 4) is 11.5 Å². The van der Waals surface area contributed by atoms with Gasteiger partial charge in [-0.15, -0.1) is 0 Å². The molecule has 0 saturated heterocycles. The van der Waals surface area contributed by atoms with Crippen LogP contribution in [0.3, 0.4) is 0 Å². The second-order valence-corrected chi connectivity index (χ2v) is 9.86. The lowest BCUT2D eigenvalue weighted by Gasteiger charge is -2.07. The van der Waals surface area contributed by atoms with Crippen LogP contribution >= 0.6 is 11.6 Å². The highest BCUT2D eigenvalue weighted by molar-refractivity contribution is 6.32. The molecule has 7 nitrogen and oxygen atoms in total. The quantitative estimate of drug-likeness (QED) is 0.0874. The van der Waals surface area contributed by atoms with Crippen molar-refractivity contribution < 1.29 is 42.4 Å². The molecular weight excluding hydrogens is 587 g/mol. The molecule has 43 heavy (non-hydrogen) atoms. The van der Waals surface area contributed by atoms with Crippen LogP contribution in [-0.2, 0) is 22.6 Å². The van der Waals surface area contributed by atoms with Gasteiger partial charge in [-0.3, -0.25) is 9.59 Å². The third-order valence-corrected chi connectivity index (χ3v) is 6.72. The number of hydrogen-bond acceptors (Lipinski definition) is 4. The molecule has 0 bridgehead atoms. The van der Waals surface area contributed by atoms with Gasteiger partial charge in [0.25, 0.3) is 0 Å². The number of aryl methyl sites for hydroxylation is 1. The van der Waals surface area contributed by atoms with E-state index in [1.165, 1.54) is 16.7 Å². The topological polar surface area (TPSA) is 98.0 Å². The summed E-state index contributed by atoms with van der Waals surface area (Å²) in [7, 11) is 0. The van der Waals surface area contributed by atoms with Gasteiger partial charge in [-0.25, -0.2) is 13.2 Å². The first-order valence-corrected chi connectivity index (χ1v) is 13.6. The summed E-state index contributed by atoms with van der Waals surface area (Å²) in [5.74, 6) is -3.83. The van der Waals surface area contributed by atoms with Gasteiger partial charge in [0.1, 0.15) is 42.2 Å². The fourth-order valence-corrected chi connectivity index (χ4v) is 4.66. The maximum absolute atomic E-state index is 14.6. The number of ether oxygens (including phenoxy) is 2. The summed E-state index contributed by atoms with van der Waals surface area (Å²) in [5.41, 5.74) is 2.48. The number of carboxylic acids is 2. The molecule has 4 aromatic rings. The van der Waals surface area contributed by atoms with Crippen molar-refractivity contribution >= 4 is 46.6 Å². The molecule has 2 N–H and O–H groups in total. The first-order chi connectivity index (χ1) is 20.6. The Balaban J connectivity index is 1.40. The van der Waals surface area contributed by atoms with Gasteiger partial charge in [-0.1, -0.05) is 35.9 Å². The molecule has 11 heteroatoms. The molecule has 0 amide bonds. The first kappa shape index (κ1) is 31.2.